The number of rotatable bonds is 10. The Morgan fingerprint density at radius 3 is 2.95 bits per heavy atom. The van der Waals surface area contributed by atoms with E-state index in [9.17, 15) is 14.4 Å². The molecule has 2 unspecified atom stereocenters. The van der Waals surface area contributed by atoms with Crippen LogP contribution in [0.1, 0.15) is 31.2 Å². The van der Waals surface area contributed by atoms with E-state index in [4.69, 9.17) is 9.47 Å². The fraction of sp³-hybridized carbons (Fsp3) is 0.423. The Bertz CT molecular complexity index is 1190. The monoisotopic (exact) mass is 540 g/mol. The molecule has 0 spiro atoms. The maximum absolute atomic E-state index is 12.5. The lowest BCUT2D eigenvalue weighted by Gasteiger charge is -2.30. The van der Waals surface area contributed by atoms with Gasteiger partial charge in [0, 0.05) is 37.8 Å². The van der Waals surface area contributed by atoms with Crippen LogP contribution < -0.4 is 25.6 Å². The molecule has 2 aliphatic rings. The number of hydrogen-bond donors (Lipinski definition) is 3. The summed E-state index contributed by atoms with van der Waals surface area (Å²) in [4.78, 5) is 46.6. The highest BCUT2D eigenvalue weighted by atomic mass is 32.2. The number of allylic oxidation sites excluding steroid dienone is 1. The predicted octanol–water partition coefficient (Wildman–Crippen LogP) is 3.33. The third kappa shape index (κ3) is 7.45. The number of thioether (sulfide) groups is 1. The standard InChI is InChI=1S/C26H32N6O5S/c1-32(25-17(5-4-14-33)8-11-23(31-25)36-2)13-12-27-18-6-3-7-19(15-18)37-26(35)29-21-10-9-20-24(28-21)30-22(34)16-38-20/h4-5,8-11,14,18-19,27H,3,6-7,12-13,15-16H2,1-2H3,(H2,28,29,30,34,35)/b5-4-. The highest BCUT2D eigenvalue weighted by Crippen LogP contribution is 2.31. The molecular formula is C26H32N6O5S. The number of methoxy groups -OCH3 is 1. The summed E-state index contributed by atoms with van der Waals surface area (Å²) in [7, 11) is 3.51. The molecule has 3 heterocycles. The summed E-state index contributed by atoms with van der Waals surface area (Å²) < 4.78 is 10.9. The summed E-state index contributed by atoms with van der Waals surface area (Å²) in [6.45, 7) is 1.39. The molecule has 202 valence electrons. The second kappa shape index (κ2) is 13.2. The van der Waals surface area contributed by atoms with Crippen molar-refractivity contribution < 1.29 is 23.9 Å². The summed E-state index contributed by atoms with van der Waals surface area (Å²) in [5.74, 6) is 2.25. The van der Waals surface area contributed by atoms with E-state index in [0.29, 0.717) is 42.8 Å². The molecule has 1 saturated carbocycles. The molecule has 0 radical (unpaired) electrons. The number of aromatic nitrogens is 2. The Morgan fingerprint density at radius 2 is 2.13 bits per heavy atom. The zero-order chi connectivity index (χ0) is 26.9. The van der Waals surface area contributed by atoms with Gasteiger partial charge >= 0.3 is 6.09 Å². The van der Waals surface area contributed by atoms with Crippen molar-refractivity contribution in [2.45, 2.75) is 42.7 Å². The van der Waals surface area contributed by atoms with Crippen molar-refractivity contribution in [3.63, 3.8) is 0 Å². The maximum atomic E-state index is 12.5. The molecule has 3 N–H and O–H groups in total. The molecule has 1 aliphatic heterocycles. The van der Waals surface area contributed by atoms with Crippen molar-refractivity contribution >= 4 is 53.6 Å². The number of hydrogen-bond acceptors (Lipinski definition) is 10. The number of likely N-dealkylation sites (N-methyl/N-ethyl adjacent to an activating group) is 1. The molecule has 0 bridgehead atoms. The first kappa shape index (κ1) is 27.4. The molecular weight excluding hydrogens is 508 g/mol. The maximum Gasteiger partial charge on any atom is 0.413 e. The molecule has 38 heavy (non-hydrogen) atoms. The molecule has 12 heteroatoms. The Kier molecular flexibility index (Phi) is 9.55. The Labute approximate surface area is 225 Å². The third-order valence-corrected chi connectivity index (χ3v) is 7.34. The number of anilines is 3. The molecule has 0 saturated heterocycles. The van der Waals surface area contributed by atoms with Crippen molar-refractivity contribution in [1.29, 1.82) is 0 Å². The van der Waals surface area contributed by atoms with Crippen LogP contribution in [0.2, 0.25) is 0 Å². The molecule has 2 atom stereocenters. The van der Waals surface area contributed by atoms with Gasteiger partial charge in [-0.3, -0.25) is 14.9 Å². The van der Waals surface area contributed by atoms with Crippen molar-refractivity contribution in [1.82, 2.24) is 15.3 Å². The van der Waals surface area contributed by atoms with Crippen molar-refractivity contribution in [3.05, 3.63) is 35.9 Å². The first-order valence-corrected chi connectivity index (χ1v) is 13.5. The van der Waals surface area contributed by atoms with Gasteiger partial charge in [-0.15, -0.1) is 11.8 Å². The molecule has 2 aromatic heterocycles. The van der Waals surface area contributed by atoms with Gasteiger partial charge in [-0.05, 0) is 56.0 Å². The van der Waals surface area contributed by atoms with E-state index in [1.54, 1.807) is 25.3 Å². The quantitative estimate of drug-likeness (QED) is 0.304. The molecule has 11 nitrogen and oxygen atoms in total. The highest BCUT2D eigenvalue weighted by Gasteiger charge is 2.25. The Morgan fingerprint density at radius 1 is 1.26 bits per heavy atom. The number of carbonyl (C=O) groups excluding carboxylic acids is 3. The van der Waals surface area contributed by atoms with Gasteiger partial charge in [-0.2, -0.15) is 4.98 Å². The van der Waals surface area contributed by atoms with E-state index in [1.807, 2.05) is 24.1 Å². The van der Waals surface area contributed by atoms with Crippen LogP contribution in [-0.4, -0.2) is 73.4 Å². The van der Waals surface area contributed by atoms with E-state index in [1.165, 1.54) is 17.8 Å². The first-order chi connectivity index (χ1) is 18.4. The Balaban J connectivity index is 1.25. The summed E-state index contributed by atoms with van der Waals surface area (Å²) in [6.07, 6.45) is 6.60. The summed E-state index contributed by atoms with van der Waals surface area (Å²) in [5, 5.41) is 8.95. The van der Waals surface area contributed by atoms with Crippen molar-refractivity contribution in [2.75, 3.05) is 48.5 Å². The van der Waals surface area contributed by atoms with Gasteiger partial charge in [0.1, 0.15) is 29.8 Å². The lowest BCUT2D eigenvalue weighted by molar-refractivity contribution is -0.114. The SMILES string of the molecule is COc1ccc(/C=C\C=O)c(N(C)CCNC2CCCC(OC(=O)Nc3ccc4c(n3)NC(=O)CS4)C2)n1. The molecule has 2 aromatic rings. The predicted molar refractivity (Wildman–Crippen MR) is 147 cm³/mol. The minimum atomic E-state index is -0.558. The molecule has 0 aromatic carbocycles. The van der Waals surface area contributed by atoms with E-state index < -0.39 is 6.09 Å². The normalized spacial score (nSPS) is 18.8. The van der Waals surface area contributed by atoms with E-state index >= 15 is 0 Å². The average Bonchev–Trinajstić information content (AvgIpc) is 2.91. The summed E-state index contributed by atoms with van der Waals surface area (Å²) in [6, 6.07) is 7.37. The van der Waals surface area contributed by atoms with Crippen LogP contribution in [0.5, 0.6) is 5.88 Å². The minimum Gasteiger partial charge on any atom is -0.481 e. The van der Waals surface area contributed by atoms with Crippen LogP contribution in [0, 0.1) is 0 Å². The molecule has 2 amide bonds. The van der Waals surface area contributed by atoms with Gasteiger partial charge in [0.2, 0.25) is 11.8 Å². The van der Waals surface area contributed by atoms with Gasteiger partial charge in [0.05, 0.1) is 17.8 Å². The number of ether oxygens (including phenoxy) is 2. The van der Waals surface area contributed by atoms with Crippen LogP contribution >= 0.6 is 11.8 Å². The number of nitrogens with one attached hydrogen (secondary N) is 3. The summed E-state index contributed by atoms with van der Waals surface area (Å²) >= 11 is 1.41. The van der Waals surface area contributed by atoms with Crippen LogP contribution in [0.4, 0.5) is 22.2 Å². The van der Waals surface area contributed by atoms with Crippen LogP contribution in [0.15, 0.2) is 35.2 Å². The highest BCUT2D eigenvalue weighted by molar-refractivity contribution is 8.00. The summed E-state index contributed by atoms with van der Waals surface area (Å²) in [5.41, 5.74) is 0.826. The number of aldehydes is 1. The fourth-order valence-corrected chi connectivity index (χ4v) is 5.19. The average molecular weight is 541 g/mol. The van der Waals surface area contributed by atoms with Crippen molar-refractivity contribution in [2.24, 2.45) is 0 Å². The topological polar surface area (TPSA) is 135 Å². The minimum absolute atomic E-state index is 0.114. The van der Waals surface area contributed by atoms with Gasteiger partial charge in [0.15, 0.2) is 0 Å². The van der Waals surface area contributed by atoms with Gasteiger partial charge in [-0.25, -0.2) is 9.78 Å². The van der Waals surface area contributed by atoms with Gasteiger partial charge in [-0.1, -0.05) is 0 Å². The number of pyridine rings is 2. The fourth-order valence-electron chi connectivity index (χ4n) is 4.43. The Hall–Kier alpha value is -3.64. The lowest BCUT2D eigenvalue weighted by Crippen LogP contribution is -2.41. The zero-order valence-corrected chi connectivity index (χ0v) is 22.3. The molecule has 1 aliphatic carbocycles. The van der Waals surface area contributed by atoms with Crippen LogP contribution in [0.3, 0.4) is 0 Å². The second-order valence-corrected chi connectivity index (χ2v) is 10.1. The van der Waals surface area contributed by atoms with Gasteiger partial charge < -0.3 is 25.0 Å². The zero-order valence-electron chi connectivity index (χ0n) is 21.4. The lowest BCUT2D eigenvalue weighted by atomic mass is 9.93. The van der Waals surface area contributed by atoms with Crippen molar-refractivity contribution in [3.8, 4) is 5.88 Å². The number of amides is 2. The molecule has 1 fully saturated rings. The van der Waals surface area contributed by atoms with Crippen LogP contribution in [0.25, 0.3) is 6.08 Å². The smallest absolute Gasteiger partial charge is 0.413 e. The number of fused-ring (bicyclic) bond motifs is 1. The van der Waals surface area contributed by atoms with E-state index in [2.05, 4.69) is 25.9 Å². The van der Waals surface area contributed by atoms with E-state index in [0.717, 1.165) is 41.8 Å². The van der Waals surface area contributed by atoms with Gasteiger partial charge in [0.25, 0.3) is 0 Å². The second-order valence-electron chi connectivity index (χ2n) is 9.03. The van der Waals surface area contributed by atoms with Crippen LogP contribution in [-0.2, 0) is 14.3 Å². The first-order valence-electron chi connectivity index (χ1n) is 12.5. The largest absolute Gasteiger partial charge is 0.481 e. The van der Waals surface area contributed by atoms with E-state index in [-0.39, 0.29) is 18.1 Å². The third-order valence-electron chi connectivity index (χ3n) is 6.29. The molecule has 4 rings (SSSR count). The number of carbonyl (C=O) groups is 3. The number of nitrogens with zero attached hydrogens (tertiary/aromatic N) is 3.